The molecule has 0 aliphatic heterocycles. The fourth-order valence-corrected chi connectivity index (χ4v) is 4.77. The lowest BCUT2D eigenvalue weighted by atomic mass is 9.89. The summed E-state index contributed by atoms with van der Waals surface area (Å²) in [5, 5.41) is 20.1. The van der Waals surface area contributed by atoms with Gasteiger partial charge in [-0.05, 0) is 42.9 Å². The van der Waals surface area contributed by atoms with E-state index in [2.05, 4.69) is 22.1 Å². The Kier molecular flexibility index (Phi) is 2.91. The lowest BCUT2D eigenvalue weighted by Gasteiger charge is -2.17. The van der Waals surface area contributed by atoms with E-state index >= 15 is 0 Å². The first-order valence-electron chi connectivity index (χ1n) is 8.14. The van der Waals surface area contributed by atoms with Crippen LogP contribution in [0.1, 0.15) is 23.8 Å². The van der Waals surface area contributed by atoms with Crippen molar-refractivity contribution in [3.05, 3.63) is 41.0 Å². The van der Waals surface area contributed by atoms with Crippen LogP contribution < -0.4 is 0 Å². The molecule has 0 spiro atoms. The standard InChI is InChI=1S/C18H16N4OS/c1-10-6-7-14-12(8-10)15-17-21-20-16(11-4-2-3-5-13(11)23)22(17)9-19-18(15)24-14/h2-5,9-10,23H,6-8H2,1H3/t10-/m1/s1. The predicted octanol–water partition coefficient (Wildman–Crippen LogP) is 3.84. The van der Waals surface area contributed by atoms with Crippen LogP contribution >= 0.6 is 11.3 Å². The molecule has 1 N–H and O–H groups in total. The van der Waals surface area contributed by atoms with E-state index in [0.29, 0.717) is 17.3 Å². The largest absolute Gasteiger partial charge is 0.507 e. The monoisotopic (exact) mass is 336 g/mol. The van der Waals surface area contributed by atoms with Gasteiger partial charge in [-0.2, -0.15) is 0 Å². The van der Waals surface area contributed by atoms with Crippen molar-refractivity contribution in [1.29, 1.82) is 0 Å². The van der Waals surface area contributed by atoms with Gasteiger partial charge in [0.05, 0.1) is 10.9 Å². The summed E-state index contributed by atoms with van der Waals surface area (Å²) in [6.07, 6.45) is 5.22. The normalized spacial score (nSPS) is 17.5. The van der Waals surface area contributed by atoms with Crippen molar-refractivity contribution >= 4 is 27.2 Å². The van der Waals surface area contributed by atoms with Gasteiger partial charge >= 0.3 is 0 Å². The summed E-state index contributed by atoms with van der Waals surface area (Å²) in [6.45, 7) is 2.30. The van der Waals surface area contributed by atoms with E-state index in [4.69, 9.17) is 0 Å². The number of hydrogen-bond acceptors (Lipinski definition) is 5. The third-order valence-electron chi connectivity index (χ3n) is 4.84. The van der Waals surface area contributed by atoms with Crippen molar-refractivity contribution in [2.75, 3.05) is 0 Å². The minimum atomic E-state index is 0.202. The molecule has 24 heavy (non-hydrogen) atoms. The van der Waals surface area contributed by atoms with E-state index in [1.54, 1.807) is 29.8 Å². The molecule has 3 heterocycles. The number of thiophene rings is 1. The van der Waals surface area contributed by atoms with Crippen LogP contribution in [0.5, 0.6) is 5.75 Å². The van der Waals surface area contributed by atoms with Crippen molar-refractivity contribution in [2.24, 2.45) is 5.92 Å². The molecule has 120 valence electrons. The number of nitrogens with zero attached hydrogens (tertiary/aromatic N) is 4. The number of rotatable bonds is 1. The Morgan fingerprint density at radius 2 is 2.12 bits per heavy atom. The van der Waals surface area contributed by atoms with E-state index in [1.807, 2.05) is 16.5 Å². The van der Waals surface area contributed by atoms with E-state index in [1.165, 1.54) is 16.9 Å². The number of aromatic nitrogens is 4. The van der Waals surface area contributed by atoms with Gasteiger partial charge in [0.25, 0.3) is 0 Å². The summed E-state index contributed by atoms with van der Waals surface area (Å²) in [5.74, 6) is 1.52. The lowest BCUT2D eigenvalue weighted by Crippen LogP contribution is -2.09. The Morgan fingerprint density at radius 1 is 1.25 bits per heavy atom. The second-order valence-electron chi connectivity index (χ2n) is 6.51. The first kappa shape index (κ1) is 13.9. The number of phenols is 1. The van der Waals surface area contributed by atoms with E-state index < -0.39 is 0 Å². The van der Waals surface area contributed by atoms with Gasteiger partial charge in [0.2, 0.25) is 0 Å². The highest BCUT2D eigenvalue weighted by molar-refractivity contribution is 7.19. The Balaban J connectivity index is 1.81. The van der Waals surface area contributed by atoms with Gasteiger partial charge in [-0.1, -0.05) is 19.1 Å². The fraction of sp³-hybridized carbons (Fsp3) is 0.278. The summed E-state index contributed by atoms with van der Waals surface area (Å²) in [7, 11) is 0. The average Bonchev–Trinajstić information content (AvgIpc) is 3.15. The van der Waals surface area contributed by atoms with Crippen LogP contribution in [-0.4, -0.2) is 24.7 Å². The lowest BCUT2D eigenvalue weighted by molar-refractivity contribution is 0.477. The number of phenolic OH excluding ortho intramolecular Hbond substituents is 1. The van der Waals surface area contributed by atoms with Crippen LogP contribution in [0.2, 0.25) is 0 Å². The van der Waals surface area contributed by atoms with Crippen molar-refractivity contribution < 1.29 is 5.11 Å². The molecule has 1 atom stereocenters. The van der Waals surface area contributed by atoms with Crippen LogP contribution in [0, 0.1) is 5.92 Å². The van der Waals surface area contributed by atoms with Crippen LogP contribution in [0.25, 0.3) is 27.3 Å². The SMILES string of the molecule is C[C@@H]1CCc2sc3ncn4c(-c5ccccc5O)nnc4c3c2C1. The van der Waals surface area contributed by atoms with Crippen LogP contribution in [-0.2, 0) is 12.8 Å². The number of hydrogen-bond donors (Lipinski definition) is 1. The van der Waals surface area contributed by atoms with Crippen molar-refractivity contribution in [3.8, 4) is 17.1 Å². The first-order valence-corrected chi connectivity index (χ1v) is 8.96. The predicted molar refractivity (Wildman–Crippen MR) is 94.5 cm³/mol. The summed E-state index contributed by atoms with van der Waals surface area (Å²) >= 11 is 1.78. The third-order valence-corrected chi connectivity index (χ3v) is 6.04. The van der Waals surface area contributed by atoms with Crippen molar-refractivity contribution in [3.63, 3.8) is 0 Å². The molecule has 6 heteroatoms. The van der Waals surface area contributed by atoms with Crippen molar-refractivity contribution in [1.82, 2.24) is 19.6 Å². The Labute approximate surface area is 142 Å². The molecule has 0 saturated carbocycles. The van der Waals surface area contributed by atoms with Crippen molar-refractivity contribution in [2.45, 2.75) is 26.2 Å². The maximum absolute atomic E-state index is 10.1. The molecule has 5 nitrogen and oxygen atoms in total. The molecule has 1 aromatic carbocycles. The summed E-state index contributed by atoms with van der Waals surface area (Å²) < 4.78 is 1.89. The molecular formula is C18H16N4OS. The van der Waals surface area contributed by atoms with Crippen LogP contribution in [0.3, 0.4) is 0 Å². The fourth-order valence-electron chi connectivity index (χ4n) is 3.59. The third kappa shape index (κ3) is 1.89. The smallest absolute Gasteiger partial charge is 0.173 e. The number of fused-ring (bicyclic) bond motifs is 5. The van der Waals surface area contributed by atoms with Crippen LogP contribution in [0.15, 0.2) is 30.6 Å². The Morgan fingerprint density at radius 3 is 3.00 bits per heavy atom. The molecule has 4 aromatic rings. The Hall–Kier alpha value is -2.47. The minimum absolute atomic E-state index is 0.202. The van der Waals surface area contributed by atoms with E-state index in [9.17, 15) is 5.11 Å². The first-order chi connectivity index (χ1) is 11.7. The molecule has 3 aromatic heterocycles. The average molecular weight is 336 g/mol. The molecule has 0 amide bonds. The van der Waals surface area contributed by atoms with Gasteiger partial charge in [-0.25, -0.2) is 4.98 Å². The minimum Gasteiger partial charge on any atom is -0.507 e. The highest BCUT2D eigenvalue weighted by Gasteiger charge is 2.24. The van der Waals surface area contributed by atoms with Gasteiger partial charge < -0.3 is 5.11 Å². The number of para-hydroxylation sites is 1. The zero-order valence-corrected chi connectivity index (χ0v) is 14.0. The van der Waals surface area contributed by atoms with Gasteiger partial charge in [0.1, 0.15) is 16.9 Å². The second kappa shape index (κ2) is 5.01. The molecule has 0 bridgehead atoms. The maximum Gasteiger partial charge on any atom is 0.173 e. The Bertz CT molecular complexity index is 1080. The highest BCUT2D eigenvalue weighted by atomic mass is 32.1. The molecule has 0 saturated heterocycles. The zero-order valence-electron chi connectivity index (χ0n) is 13.2. The second-order valence-corrected chi connectivity index (χ2v) is 7.59. The molecule has 5 rings (SSSR count). The molecule has 1 aliphatic rings. The van der Waals surface area contributed by atoms with Gasteiger partial charge in [0.15, 0.2) is 11.5 Å². The quantitative estimate of drug-likeness (QED) is 0.574. The molecule has 0 unspecified atom stereocenters. The number of aromatic hydroxyl groups is 1. The topological polar surface area (TPSA) is 63.3 Å². The summed E-state index contributed by atoms with van der Waals surface area (Å²) in [4.78, 5) is 7.13. The summed E-state index contributed by atoms with van der Waals surface area (Å²) in [5.41, 5.74) is 2.90. The zero-order chi connectivity index (χ0) is 16.3. The maximum atomic E-state index is 10.1. The number of benzene rings is 1. The van der Waals surface area contributed by atoms with Gasteiger partial charge in [-0.15, -0.1) is 21.5 Å². The molecule has 1 aliphatic carbocycles. The van der Waals surface area contributed by atoms with Crippen LogP contribution in [0.4, 0.5) is 0 Å². The molecule has 0 fully saturated rings. The van der Waals surface area contributed by atoms with E-state index in [0.717, 1.165) is 28.7 Å². The molecular weight excluding hydrogens is 320 g/mol. The molecule has 0 radical (unpaired) electrons. The number of aryl methyl sites for hydroxylation is 1. The van der Waals surface area contributed by atoms with Gasteiger partial charge in [-0.3, -0.25) is 4.40 Å². The highest BCUT2D eigenvalue weighted by Crippen LogP contribution is 2.39. The van der Waals surface area contributed by atoms with E-state index in [-0.39, 0.29) is 5.75 Å². The van der Waals surface area contributed by atoms with Gasteiger partial charge in [0, 0.05) is 4.88 Å². The summed E-state index contributed by atoms with van der Waals surface area (Å²) in [6, 6.07) is 7.20.